The lowest BCUT2D eigenvalue weighted by Crippen LogP contribution is -2.46. The topological polar surface area (TPSA) is 111 Å². The fourth-order valence-corrected chi connectivity index (χ4v) is 5.65. The number of hydrogen-bond donors (Lipinski definition) is 0. The van der Waals surface area contributed by atoms with Crippen molar-refractivity contribution in [2.75, 3.05) is 18.2 Å². The molecule has 13 heteroatoms. The lowest BCUT2D eigenvalue weighted by atomic mass is 9.98. The molecule has 0 radical (unpaired) electrons. The van der Waals surface area contributed by atoms with E-state index in [4.69, 9.17) is 37.4 Å². The quantitative estimate of drug-likeness (QED) is 0.189. The van der Waals surface area contributed by atoms with Crippen molar-refractivity contribution >= 4 is 63.8 Å². The van der Waals surface area contributed by atoms with E-state index in [1.54, 1.807) is 69.1 Å². The molecule has 0 spiro atoms. The first-order chi connectivity index (χ1) is 19.8. The summed E-state index contributed by atoms with van der Waals surface area (Å²) in [7, 11) is 1.56. The van der Waals surface area contributed by atoms with E-state index in [0.29, 0.717) is 60.9 Å². The number of aromatic nitrogens is 3. The Morgan fingerprint density at radius 1 is 1.14 bits per heavy atom. The summed E-state index contributed by atoms with van der Waals surface area (Å²) in [5.41, 5.74) is 1.55. The molecule has 0 N–H and O–H groups in total. The molecular weight excluding hydrogens is 601 g/mol. The maximum absolute atomic E-state index is 13.9. The maximum Gasteiger partial charge on any atom is 0.415 e. The summed E-state index contributed by atoms with van der Waals surface area (Å²) in [6.07, 6.45) is 1.59. The Morgan fingerprint density at radius 2 is 1.88 bits per heavy atom. The number of hydrogen-bond acceptors (Lipinski definition) is 8. The van der Waals surface area contributed by atoms with Crippen molar-refractivity contribution in [1.82, 2.24) is 19.6 Å². The van der Waals surface area contributed by atoms with Crippen LogP contribution in [0.25, 0.3) is 16.7 Å². The minimum Gasteiger partial charge on any atom is -0.443 e. The molecule has 4 aromatic rings. The van der Waals surface area contributed by atoms with Gasteiger partial charge in [-0.1, -0.05) is 40.1 Å². The second-order valence-corrected chi connectivity index (χ2v) is 12.6. The van der Waals surface area contributed by atoms with Crippen LogP contribution in [-0.4, -0.2) is 56.6 Å². The number of nitrogens with zero attached hydrogens (tertiary/aromatic N) is 5. The van der Waals surface area contributed by atoms with Gasteiger partial charge in [0.25, 0.3) is 11.5 Å². The Balaban J connectivity index is 1.49. The van der Waals surface area contributed by atoms with Gasteiger partial charge in [-0.2, -0.15) is 0 Å². The molecule has 220 valence electrons. The maximum atomic E-state index is 13.9. The zero-order valence-corrected chi connectivity index (χ0v) is 26.2. The first kappa shape index (κ1) is 29.9. The number of ether oxygens (including phenoxy) is 1. The van der Waals surface area contributed by atoms with Crippen LogP contribution in [0.15, 0.2) is 50.9 Å². The van der Waals surface area contributed by atoms with Gasteiger partial charge < -0.3 is 14.2 Å². The Labute approximate surface area is 256 Å². The fourth-order valence-electron chi connectivity index (χ4n) is 4.78. The standard InChI is InChI=1S/C29H29Cl2N5O5S/c1-15-11-19-22(14-35(15)25(37)16-7-10-20(30)21(31)12-16)32-27(42-6)36(26(19)38)17-8-9-18-23(13-17)41-33-24(18)34(5)28(39)40-29(2,3)4/h7-10,12-13,15H,11,14H2,1-6H3/t15-/m1/s1. The van der Waals surface area contributed by atoms with Crippen molar-refractivity contribution < 1.29 is 18.8 Å². The molecule has 42 heavy (non-hydrogen) atoms. The van der Waals surface area contributed by atoms with Gasteiger partial charge in [0.05, 0.1) is 33.4 Å². The van der Waals surface area contributed by atoms with Gasteiger partial charge in [0.15, 0.2) is 16.6 Å². The number of fused-ring (bicyclic) bond motifs is 2. The zero-order chi connectivity index (χ0) is 30.5. The summed E-state index contributed by atoms with van der Waals surface area (Å²) in [5, 5.41) is 5.78. The van der Waals surface area contributed by atoms with Crippen molar-refractivity contribution in [3.05, 3.63) is 73.6 Å². The minimum absolute atomic E-state index is 0.181. The second-order valence-electron chi connectivity index (χ2n) is 11.0. The molecule has 1 atom stereocenters. The van der Waals surface area contributed by atoms with Gasteiger partial charge in [-0.15, -0.1) is 0 Å². The smallest absolute Gasteiger partial charge is 0.415 e. The van der Waals surface area contributed by atoms with Gasteiger partial charge in [-0.25, -0.2) is 9.78 Å². The summed E-state index contributed by atoms with van der Waals surface area (Å²) in [4.78, 5) is 47.6. The van der Waals surface area contributed by atoms with Crippen molar-refractivity contribution in [3.63, 3.8) is 0 Å². The number of anilines is 1. The van der Waals surface area contributed by atoms with Crippen molar-refractivity contribution in [3.8, 4) is 5.69 Å². The van der Waals surface area contributed by atoms with Crippen LogP contribution in [-0.2, 0) is 17.7 Å². The van der Waals surface area contributed by atoms with E-state index in [0.717, 1.165) is 0 Å². The van der Waals surface area contributed by atoms with Gasteiger partial charge in [0.2, 0.25) is 0 Å². The lowest BCUT2D eigenvalue weighted by Gasteiger charge is -2.34. The fraction of sp³-hybridized carbons (Fsp3) is 0.345. The molecule has 0 fully saturated rings. The van der Waals surface area contributed by atoms with Crippen LogP contribution in [0.4, 0.5) is 10.6 Å². The zero-order valence-electron chi connectivity index (χ0n) is 23.9. The van der Waals surface area contributed by atoms with E-state index in [1.165, 1.54) is 21.2 Å². The Morgan fingerprint density at radius 3 is 2.55 bits per heavy atom. The van der Waals surface area contributed by atoms with Crippen molar-refractivity contribution in [2.24, 2.45) is 0 Å². The third-order valence-electron chi connectivity index (χ3n) is 6.87. The highest BCUT2D eigenvalue weighted by molar-refractivity contribution is 7.98. The van der Waals surface area contributed by atoms with Crippen LogP contribution in [0.1, 0.15) is 49.3 Å². The number of halogens is 2. The largest absolute Gasteiger partial charge is 0.443 e. The highest BCUT2D eigenvalue weighted by atomic mass is 35.5. The third kappa shape index (κ3) is 5.60. The summed E-state index contributed by atoms with van der Waals surface area (Å²) in [6, 6.07) is 9.70. The van der Waals surface area contributed by atoms with Crippen LogP contribution in [0.5, 0.6) is 0 Å². The van der Waals surface area contributed by atoms with Gasteiger partial charge in [0, 0.05) is 30.3 Å². The molecule has 1 aliphatic heterocycles. The number of carbonyl (C=O) groups is 2. The highest BCUT2D eigenvalue weighted by Crippen LogP contribution is 2.31. The minimum atomic E-state index is -0.668. The average Bonchev–Trinajstić information content (AvgIpc) is 3.36. The Hall–Kier alpha value is -3.54. The molecule has 3 heterocycles. The molecule has 2 aromatic heterocycles. The molecule has 0 bridgehead atoms. The second kappa shape index (κ2) is 11.3. The third-order valence-corrected chi connectivity index (χ3v) is 8.25. The number of benzene rings is 2. The number of rotatable bonds is 4. The molecular formula is C29H29Cl2N5O5S. The van der Waals surface area contributed by atoms with E-state index in [-0.39, 0.29) is 24.1 Å². The summed E-state index contributed by atoms with van der Waals surface area (Å²) in [6.45, 7) is 7.43. The van der Waals surface area contributed by atoms with Crippen LogP contribution < -0.4 is 10.5 Å². The molecule has 0 saturated heterocycles. The first-order valence-electron chi connectivity index (χ1n) is 13.1. The van der Waals surface area contributed by atoms with E-state index >= 15 is 0 Å². The molecule has 5 rings (SSSR count). The lowest BCUT2D eigenvalue weighted by molar-refractivity contribution is 0.0586. The molecule has 1 aliphatic rings. The van der Waals surface area contributed by atoms with Crippen LogP contribution in [0.2, 0.25) is 10.0 Å². The molecule has 10 nitrogen and oxygen atoms in total. The van der Waals surface area contributed by atoms with Crippen LogP contribution in [0, 0.1) is 0 Å². The van der Waals surface area contributed by atoms with Gasteiger partial charge >= 0.3 is 6.09 Å². The Kier molecular flexibility index (Phi) is 8.04. The van der Waals surface area contributed by atoms with Gasteiger partial charge in [-0.3, -0.25) is 19.1 Å². The highest BCUT2D eigenvalue weighted by Gasteiger charge is 2.32. The number of thioether (sulfide) groups is 1. The average molecular weight is 631 g/mol. The van der Waals surface area contributed by atoms with E-state index in [1.807, 2.05) is 13.2 Å². The number of carbonyl (C=O) groups excluding carboxylic acids is 2. The van der Waals surface area contributed by atoms with Crippen molar-refractivity contribution in [2.45, 2.75) is 57.5 Å². The molecule has 2 aromatic carbocycles. The monoisotopic (exact) mass is 629 g/mol. The normalized spacial score (nSPS) is 15.0. The summed E-state index contributed by atoms with van der Waals surface area (Å²) < 4.78 is 12.5. The predicted molar refractivity (Wildman–Crippen MR) is 163 cm³/mol. The summed E-state index contributed by atoms with van der Waals surface area (Å²) in [5.74, 6) is 0.0821. The SMILES string of the molecule is CSc1nc2c(c(=O)n1-c1ccc3c(N(C)C(=O)OC(C)(C)C)noc3c1)C[C@@H](C)N(C(=O)c1ccc(Cl)c(Cl)c1)C2. The van der Waals surface area contributed by atoms with Crippen LogP contribution >= 0.6 is 35.0 Å². The van der Waals surface area contributed by atoms with Crippen molar-refractivity contribution in [1.29, 1.82) is 0 Å². The molecule has 0 aliphatic carbocycles. The van der Waals surface area contributed by atoms with Gasteiger partial charge in [0.1, 0.15) is 5.60 Å². The van der Waals surface area contributed by atoms with Crippen LogP contribution in [0.3, 0.4) is 0 Å². The molecule has 0 saturated carbocycles. The Bertz CT molecular complexity index is 1780. The molecule has 0 unspecified atom stereocenters. The molecule has 2 amide bonds. The van der Waals surface area contributed by atoms with Gasteiger partial charge in [-0.05, 0) is 70.7 Å². The summed E-state index contributed by atoms with van der Waals surface area (Å²) >= 11 is 13.5. The number of amides is 2. The van der Waals surface area contributed by atoms with E-state index in [9.17, 15) is 14.4 Å². The first-order valence-corrected chi connectivity index (χ1v) is 15.1. The predicted octanol–water partition coefficient (Wildman–Crippen LogP) is 6.36. The van der Waals surface area contributed by atoms with E-state index < -0.39 is 11.7 Å². The van der Waals surface area contributed by atoms with E-state index in [2.05, 4.69) is 5.16 Å².